The molecule has 53 heavy (non-hydrogen) atoms. The van der Waals surface area contributed by atoms with E-state index in [9.17, 15) is 0 Å². The fourth-order valence-corrected chi connectivity index (χ4v) is 6.52. The van der Waals surface area contributed by atoms with Gasteiger partial charge < -0.3 is 12.4 Å². The first-order valence-electron chi connectivity index (χ1n) is 16.6. The van der Waals surface area contributed by atoms with Gasteiger partial charge in [-0.2, -0.15) is 0 Å². The van der Waals surface area contributed by atoms with Gasteiger partial charge in [0.05, 0.1) is 55.2 Å². The van der Waals surface area contributed by atoms with Crippen LogP contribution in [0.1, 0.15) is 5.56 Å². The van der Waals surface area contributed by atoms with E-state index in [4.69, 9.17) is 9.97 Å². The number of pyridine rings is 6. The summed E-state index contributed by atoms with van der Waals surface area (Å²) in [5, 5.41) is 6.53. The van der Waals surface area contributed by atoms with Crippen molar-refractivity contribution in [3.63, 3.8) is 0 Å². The van der Waals surface area contributed by atoms with Crippen LogP contribution >= 0.6 is 0 Å². The molecule has 0 saturated heterocycles. The first-order chi connectivity index (χ1) is 25.2. The summed E-state index contributed by atoms with van der Waals surface area (Å²) in [4.78, 5) is 36.3. The molecule has 0 spiro atoms. The van der Waals surface area contributed by atoms with Gasteiger partial charge in [-0.05, 0) is 67.1 Å². The fraction of sp³-hybridized carbons (Fsp3) is 0.0233. The third-order valence-corrected chi connectivity index (χ3v) is 8.94. The van der Waals surface area contributed by atoms with E-state index in [-0.39, 0.29) is 31.9 Å². The molecule has 11 aromatic rings. The maximum Gasteiger partial charge on any atom is 2.00 e. The molecule has 0 atom stereocenters. The molecule has 0 aliphatic carbocycles. The number of aromatic nitrogens is 8. The molecule has 0 N–H and O–H groups in total. The van der Waals surface area contributed by atoms with E-state index in [1.165, 1.54) is 0 Å². The molecule has 254 valence electrons. The first kappa shape index (κ1) is 35.3. The van der Waals surface area contributed by atoms with Crippen LogP contribution in [0.5, 0.6) is 0 Å². The van der Waals surface area contributed by atoms with Crippen LogP contribution in [-0.2, 0) is 19.5 Å². The predicted molar refractivity (Wildman–Crippen MR) is 206 cm³/mol. The van der Waals surface area contributed by atoms with Crippen molar-refractivity contribution in [2.75, 3.05) is 0 Å². The Kier molecular flexibility index (Phi) is 10.1. The quantitative estimate of drug-likeness (QED) is 0.0945. The number of aryl methyl sites for hydroxylation is 1. The minimum Gasteiger partial charge on any atom is -1.00 e. The molecule has 0 fully saturated rings. The zero-order valence-electron chi connectivity index (χ0n) is 28.2. The molecule has 7 aromatic heterocycles. The van der Waals surface area contributed by atoms with Crippen molar-refractivity contribution in [2.24, 2.45) is 0 Å². The van der Waals surface area contributed by atoms with Crippen LogP contribution < -0.4 is 12.4 Å². The minimum atomic E-state index is 0. The number of hydrogen-bond donors (Lipinski definition) is 0. The molecule has 0 aliphatic rings. The topological polar surface area (TPSA) is 103 Å². The molecule has 0 radical (unpaired) electrons. The second-order valence-electron chi connectivity index (χ2n) is 12.1. The molecule has 7 heterocycles. The van der Waals surface area contributed by atoms with Gasteiger partial charge in [0.25, 0.3) is 0 Å². The molecule has 11 rings (SSSR count). The second-order valence-corrected chi connectivity index (χ2v) is 12.1. The summed E-state index contributed by atoms with van der Waals surface area (Å²) in [6.45, 7) is 2.06. The van der Waals surface area contributed by atoms with Crippen molar-refractivity contribution in [1.82, 2.24) is 39.9 Å². The molecule has 4 aromatic carbocycles. The Labute approximate surface area is 322 Å². The van der Waals surface area contributed by atoms with Crippen LogP contribution in [0, 0.1) is 6.92 Å². The van der Waals surface area contributed by atoms with Gasteiger partial charge in [-0.25, -0.2) is 9.97 Å². The fourth-order valence-electron chi connectivity index (χ4n) is 6.52. The number of hydrogen-bond acceptors (Lipinski definition) is 8. The molecule has 0 aliphatic heterocycles. The van der Waals surface area contributed by atoms with Gasteiger partial charge in [-0.1, -0.05) is 60.7 Å². The van der Waals surface area contributed by atoms with E-state index in [2.05, 4.69) is 91.4 Å². The molecular formula is C43H28ClN8Ru+. The smallest absolute Gasteiger partial charge is 1.00 e. The summed E-state index contributed by atoms with van der Waals surface area (Å²) >= 11 is 0. The maximum absolute atomic E-state index is 4.93. The molecule has 0 saturated carbocycles. The predicted octanol–water partition coefficient (Wildman–Crippen LogP) is 6.76. The minimum absolute atomic E-state index is 0. The Bertz CT molecular complexity index is 2870. The molecule has 0 unspecified atom stereocenters. The van der Waals surface area contributed by atoms with Gasteiger partial charge in [0, 0.05) is 69.5 Å². The van der Waals surface area contributed by atoms with Crippen LogP contribution in [0.3, 0.4) is 0 Å². The van der Waals surface area contributed by atoms with E-state index in [0.717, 1.165) is 93.0 Å². The Balaban J connectivity index is 0.000000127. The third kappa shape index (κ3) is 6.57. The van der Waals surface area contributed by atoms with Gasteiger partial charge in [0.15, 0.2) is 0 Å². The number of nitrogens with zero attached hydrogens (tertiary/aromatic N) is 8. The molecule has 0 amide bonds. The second kappa shape index (κ2) is 15.2. The van der Waals surface area contributed by atoms with Crippen LogP contribution in [0.4, 0.5) is 0 Å². The van der Waals surface area contributed by atoms with E-state index in [1.54, 1.807) is 37.2 Å². The van der Waals surface area contributed by atoms with Crippen LogP contribution in [0.2, 0.25) is 0 Å². The van der Waals surface area contributed by atoms with E-state index in [1.807, 2.05) is 60.7 Å². The summed E-state index contributed by atoms with van der Waals surface area (Å²) in [6.07, 6.45) is 10.8. The van der Waals surface area contributed by atoms with Crippen molar-refractivity contribution in [3.8, 4) is 0 Å². The zero-order chi connectivity index (χ0) is 34.1. The van der Waals surface area contributed by atoms with Gasteiger partial charge in [-0.3, -0.25) is 29.9 Å². The Morgan fingerprint density at radius 1 is 0.321 bits per heavy atom. The van der Waals surface area contributed by atoms with Gasteiger partial charge in [-0.15, -0.1) is 0 Å². The molecule has 8 nitrogen and oxygen atoms in total. The van der Waals surface area contributed by atoms with Crippen molar-refractivity contribution in [3.05, 3.63) is 158 Å². The Morgan fingerprint density at radius 3 is 1.09 bits per heavy atom. The van der Waals surface area contributed by atoms with E-state index in [0.29, 0.717) is 0 Å². The number of halogens is 1. The van der Waals surface area contributed by atoms with E-state index >= 15 is 0 Å². The van der Waals surface area contributed by atoms with Crippen LogP contribution in [0.15, 0.2) is 152 Å². The summed E-state index contributed by atoms with van der Waals surface area (Å²) < 4.78 is 0. The number of para-hydroxylation sites is 1. The largest absolute Gasteiger partial charge is 2.00 e. The average molecular weight is 793 g/mol. The van der Waals surface area contributed by atoms with Crippen LogP contribution in [-0.4, -0.2) is 39.9 Å². The van der Waals surface area contributed by atoms with Gasteiger partial charge in [0.1, 0.15) is 0 Å². The molecular weight excluding hydrogens is 765 g/mol. The first-order valence-corrected chi connectivity index (χ1v) is 16.6. The number of rotatable bonds is 0. The van der Waals surface area contributed by atoms with Gasteiger partial charge in [0.2, 0.25) is 0 Å². The molecule has 10 heteroatoms. The van der Waals surface area contributed by atoms with E-state index < -0.39 is 0 Å². The normalized spacial score (nSPS) is 10.8. The van der Waals surface area contributed by atoms with Crippen molar-refractivity contribution < 1.29 is 31.9 Å². The van der Waals surface area contributed by atoms with Crippen molar-refractivity contribution in [1.29, 1.82) is 0 Å². The Hall–Kier alpha value is -6.15. The number of fused-ring (bicyclic) bond motifs is 13. The standard InChI is InChI=1S/C19H12N4.2C12H8N2.ClH.Ru/c1-11-5-2-8-14-15(11)23-19-13-7-4-10-21-17(13)16-12(18(19)22-14)6-3-9-20-16;2*1-3-9-5-6-10-4-2-8-14-12(10)11(9)13-7-1;;/h2-10H,1H3;2*1-8H;1H;/q;;;;+2/p-1. The van der Waals surface area contributed by atoms with Gasteiger partial charge >= 0.3 is 19.5 Å². The summed E-state index contributed by atoms with van der Waals surface area (Å²) in [5.41, 5.74) is 10.4. The van der Waals surface area contributed by atoms with Crippen LogP contribution in [0.25, 0.3) is 87.5 Å². The van der Waals surface area contributed by atoms with Crippen molar-refractivity contribution >= 4 is 87.5 Å². The zero-order valence-corrected chi connectivity index (χ0v) is 30.7. The summed E-state index contributed by atoms with van der Waals surface area (Å²) in [5.74, 6) is 0. The number of benzene rings is 4. The summed E-state index contributed by atoms with van der Waals surface area (Å²) in [6, 6.07) is 38.3. The summed E-state index contributed by atoms with van der Waals surface area (Å²) in [7, 11) is 0. The third-order valence-electron chi connectivity index (χ3n) is 8.94. The SMILES string of the molecule is Cc1cccc2nc3c4cccnc4c4ncccc4c3nc12.[Cl-].[Ru+2].c1cnc2c(c1)ccc1cccnc12.c1cnc2c(c1)ccc1cccnc12. The average Bonchev–Trinajstić information content (AvgIpc) is 3.21. The Morgan fingerprint density at radius 2 is 0.679 bits per heavy atom. The maximum atomic E-state index is 4.93. The monoisotopic (exact) mass is 793 g/mol. The molecule has 0 bridgehead atoms. The van der Waals surface area contributed by atoms with Crippen molar-refractivity contribution in [2.45, 2.75) is 6.92 Å².